The fourth-order valence-electron chi connectivity index (χ4n) is 3.37. The minimum atomic E-state index is -4.45. The van der Waals surface area contributed by atoms with E-state index >= 15 is 0 Å². The van der Waals surface area contributed by atoms with E-state index in [1.165, 1.54) is 12.1 Å². The quantitative estimate of drug-likeness (QED) is 0.786. The molecule has 152 valence electrons. The molecule has 3 rings (SSSR count). The topological polar surface area (TPSA) is 52.2 Å². The smallest absolute Gasteiger partial charge is 0.340 e. The van der Waals surface area contributed by atoms with E-state index in [4.69, 9.17) is 0 Å². The van der Waals surface area contributed by atoms with E-state index in [2.05, 4.69) is 9.97 Å². The van der Waals surface area contributed by atoms with Crippen molar-refractivity contribution in [2.24, 2.45) is 0 Å². The number of imidazole rings is 1. The molecule has 0 saturated carbocycles. The van der Waals surface area contributed by atoms with E-state index in [1.807, 2.05) is 4.90 Å². The van der Waals surface area contributed by atoms with E-state index in [0.717, 1.165) is 24.6 Å². The van der Waals surface area contributed by atoms with E-state index < -0.39 is 11.9 Å². The van der Waals surface area contributed by atoms with Gasteiger partial charge in [0.1, 0.15) is 17.3 Å². The molecule has 2 heterocycles. The van der Waals surface area contributed by atoms with Crippen molar-refractivity contribution in [3.63, 3.8) is 0 Å². The summed E-state index contributed by atoms with van der Waals surface area (Å²) < 4.78 is 51.2. The van der Waals surface area contributed by atoms with Gasteiger partial charge in [-0.05, 0) is 37.1 Å². The summed E-state index contributed by atoms with van der Waals surface area (Å²) in [6, 6.07) is 5.96. The zero-order valence-corrected chi connectivity index (χ0v) is 15.5. The highest BCUT2D eigenvalue weighted by Crippen LogP contribution is 2.31. The number of H-pyrrole nitrogens is 1. The Kier molecular flexibility index (Phi) is 6.02. The Labute approximate surface area is 160 Å². The van der Waals surface area contributed by atoms with Gasteiger partial charge in [0.15, 0.2) is 0 Å². The molecule has 5 nitrogen and oxygen atoms in total. The van der Waals surface area contributed by atoms with Crippen molar-refractivity contribution >= 4 is 5.91 Å². The van der Waals surface area contributed by atoms with Gasteiger partial charge < -0.3 is 9.88 Å². The van der Waals surface area contributed by atoms with Crippen LogP contribution < -0.4 is 0 Å². The molecule has 1 aliphatic heterocycles. The van der Waals surface area contributed by atoms with Gasteiger partial charge in [-0.2, -0.15) is 13.2 Å². The molecule has 1 unspecified atom stereocenters. The van der Waals surface area contributed by atoms with Crippen LogP contribution in [0.3, 0.4) is 0 Å². The van der Waals surface area contributed by atoms with Gasteiger partial charge in [-0.25, -0.2) is 9.37 Å². The van der Waals surface area contributed by atoms with Crippen molar-refractivity contribution in [2.45, 2.75) is 31.5 Å². The second kappa shape index (κ2) is 8.30. The van der Waals surface area contributed by atoms with Gasteiger partial charge in [0, 0.05) is 26.1 Å². The SMILES string of the molecule is CN(Cc1ccc(F)cc1)C(=O)CN1CCCC(c2ncc(C(F)(F)F)[nH]2)C1. The van der Waals surface area contributed by atoms with Crippen molar-refractivity contribution in [2.75, 3.05) is 26.7 Å². The number of nitrogens with one attached hydrogen (secondary N) is 1. The summed E-state index contributed by atoms with van der Waals surface area (Å²) in [5.41, 5.74) is -0.0289. The lowest BCUT2D eigenvalue weighted by Gasteiger charge is -2.32. The van der Waals surface area contributed by atoms with Gasteiger partial charge in [0.25, 0.3) is 0 Å². The molecule has 1 N–H and O–H groups in total. The number of carbonyl (C=O) groups is 1. The van der Waals surface area contributed by atoms with Crippen LogP contribution in [0.25, 0.3) is 0 Å². The first-order valence-electron chi connectivity index (χ1n) is 9.05. The van der Waals surface area contributed by atoms with Gasteiger partial charge in [-0.1, -0.05) is 12.1 Å². The molecule has 28 heavy (non-hydrogen) atoms. The van der Waals surface area contributed by atoms with Crippen LogP contribution in [-0.4, -0.2) is 52.4 Å². The standard InChI is InChI=1S/C19H22F4N4O/c1-26(10-13-4-6-15(20)7-5-13)17(28)12-27-8-2-3-14(11-27)18-24-9-16(25-18)19(21,22)23/h4-7,9,14H,2-3,8,10-12H2,1H3,(H,24,25). The fourth-order valence-corrected chi connectivity index (χ4v) is 3.37. The summed E-state index contributed by atoms with van der Waals surface area (Å²) in [5.74, 6) is -0.284. The average Bonchev–Trinajstić information content (AvgIpc) is 3.14. The lowest BCUT2D eigenvalue weighted by Crippen LogP contribution is -2.42. The van der Waals surface area contributed by atoms with Crippen LogP contribution in [0.1, 0.15) is 35.8 Å². The number of benzene rings is 1. The third kappa shape index (κ3) is 5.09. The maximum Gasteiger partial charge on any atom is 0.432 e. The van der Waals surface area contributed by atoms with Gasteiger partial charge >= 0.3 is 6.18 Å². The van der Waals surface area contributed by atoms with Crippen LogP contribution >= 0.6 is 0 Å². The Morgan fingerprint density at radius 2 is 2.04 bits per heavy atom. The summed E-state index contributed by atoms with van der Waals surface area (Å²) in [6.45, 7) is 1.73. The molecule has 1 aliphatic rings. The third-order valence-electron chi connectivity index (χ3n) is 4.91. The molecule has 0 spiro atoms. The third-order valence-corrected chi connectivity index (χ3v) is 4.91. The maximum atomic E-state index is 13.0. The van der Waals surface area contributed by atoms with Crippen LogP contribution in [0.5, 0.6) is 0 Å². The normalized spacial score (nSPS) is 18.2. The Morgan fingerprint density at radius 1 is 1.32 bits per heavy atom. The number of hydrogen-bond acceptors (Lipinski definition) is 3. The van der Waals surface area contributed by atoms with E-state index in [1.54, 1.807) is 24.1 Å². The molecule has 2 aromatic rings. The fraction of sp³-hybridized carbons (Fsp3) is 0.474. The van der Waals surface area contributed by atoms with Crippen molar-refractivity contribution in [1.82, 2.24) is 19.8 Å². The summed E-state index contributed by atoms with van der Waals surface area (Å²) >= 11 is 0. The molecule has 1 aromatic carbocycles. The second-order valence-corrected chi connectivity index (χ2v) is 7.13. The number of nitrogens with zero attached hydrogens (tertiary/aromatic N) is 3. The van der Waals surface area contributed by atoms with Crippen LogP contribution in [0.2, 0.25) is 0 Å². The number of carbonyl (C=O) groups excluding carboxylic acids is 1. The number of halogens is 4. The molecule has 1 saturated heterocycles. The predicted molar refractivity (Wildman–Crippen MR) is 94.9 cm³/mol. The number of aromatic amines is 1. The number of likely N-dealkylation sites (N-methyl/N-ethyl adjacent to an activating group) is 1. The van der Waals surface area contributed by atoms with Crippen LogP contribution in [0, 0.1) is 5.82 Å². The minimum Gasteiger partial charge on any atom is -0.340 e. The zero-order valence-electron chi connectivity index (χ0n) is 15.5. The van der Waals surface area contributed by atoms with Crippen LogP contribution in [0.4, 0.5) is 17.6 Å². The molecular formula is C19H22F4N4O. The number of amides is 1. The van der Waals surface area contributed by atoms with Gasteiger partial charge in [-0.15, -0.1) is 0 Å². The largest absolute Gasteiger partial charge is 0.432 e. The second-order valence-electron chi connectivity index (χ2n) is 7.13. The predicted octanol–water partition coefficient (Wildman–Crippen LogP) is 3.41. The van der Waals surface area contributed by atoms with Crippen LogP contribution in [-0.2, 0) is 17.5 Å². The molecule has 9 heteroatoms. The van der Waals surface area contributed by atoms with E-state index in [-0.39, 0.29) is 24.2 Å². The average molecular weight is 398 g/mol. The first-order chi connectivity index (χ1) is 13.2. The Bertz CT molecular complexity index is 803. The van der Waals surface area contributed by atoms with E-state index in [9.17, 15) is 22.4 Å². The Hall–Kier alpha value is -2.42. The summed E-state index contributed by atoms with van der Waals surface area (Å²) in [4.78, 5) is 22.3. The van der Waals surface area contributed by atoms with Crippen molar-refractivity contribution in [3.8, 4) is 0 Å². The van der Waals surface area contributed by atoms with Crippen molar-refractivity contribution in [1.29, 1.82) is 0 Å². The number of hydrogen-bond donors (Lipinski definition) is 1. The highest BCUT2D eigenvalue weighted by Gasteiger charge is 2.34. The number of rotatable bonds is 5. The lowest BCUT2D eigenvalue weighted by atomic mass is 9.97. The minimum absolute atomic E-state index is 0.0969. The molecule has 1 fully saturated rings. The molecule has 0 radical (unpaired) electrons. The summed E-state index contributed by atoms with van der Waals surface area (Å²) in [7, 11) is 1.68. The first-order valence-corrected chi connectivity index (χ1v) is 9.05. The molecule has 0 aliphatic carbocycles. The van der Waals surface area contributed by atoms with Gasteiger partial charge in [-0.3, -0.25) is 9.69 Å². The summed E-state index contributed by atoms with van der Waals surface area (Å²) in [5, 5.41) is 0. The molecule has 1 atom stereocenters. The van der Waals surface area contributed by atoms with Gasteiger partial charge in [0.05, 0.1) is 12.7 Å². The number of piperidine rings is 1. The Morgan fingerprint density at radius 3 is 2.68 bits per heavy atom. The zero-order chi connectivity index (χ0) is 20.3. The maximum absolute atomic E-state index is 13.0. The number of likely N-dealkylation sites (tertiary alicyclic amines) is 1. The Balaban J connectivity index is 1.56. The number of alkyl halides is 3. The highest BCUT2D eigenvalue weighted by atomic mass is 19.4. The molecule has 1 aromatic heterocycles. The number of aromatic nitrogens is 2. The monoisotopic (exact) mass is 398 g/mol. The van der Waals surface area contributed by atoms with Crippen molar-refractivity contribution in [3.05, 3.63) is 53.4 Å². The molecule has 1 amide bonds. The van der Waals surface area contributed by atoms with E-state index in [0.29, 0.717) is 25.5 Å². The van der Waals surface area contributed by atoms with Gasteiger partial charge in [0.2, 0.25) is 5.91 Å². The highest BCUT2D eigenvalue weighted by molar-refractivity contribution is 5.78. The summed E-state index contributed by atoms with van der Waals surface area (Å²) in [6.07, 6.45) is -2.13. The van der Waals surface area contributed by atoms with Crippen LogP contribution in [0.15, 0.2) is 30.5 Å². The first kappa shape index (κ1) is 20.3. The molecular weight excluding hydrogens is 376 g/mol. The lowest BCUT2D eigenvalue weighted by molar-refractivity contribution is -0.141. The molecule has 0 bridgehead atoms. The van der Waals surface area contributed by atoms with Crippen molar-refractivity contribution < 1.29 is 22.4 Å².